The summed E-state index contributed by atoms with van der Waals surface area (Å²) >= 11 is 0. The van der Waals surface area contributed by atoms with E-state index >= 15 is 0 Å². The highest BCUT2D eigenvalue weighted by Gasteiger charge is 2.31. The molecule has 0 aromatic rings. The quantitative estimate of drug-likeness (QED) is 0.386. The van der Waals surface area contributed by atoms with Crippen LogP contribution in [0.1, 0.15) is 40.0 Å². The molecular weight excluding hydrogens is 234 g/mol. The average Bonchev–Trinajstić information content (AvgIpc) is 2.31. The summed E-state index contributed by atoms with van der Waals surface area (Å²) in [6, 6.07) is 0. The number of nitrogens with two attached hydrogens (primary N) is 1. The topological polar surface area (TPSA) is 78.6 Å². The first-order chi connectivity index (χ1) is 8.33. The van der Waals surface area contributed by atoms with Gasteiger partial charge in [0.05, 0.1) is 6.61 Å². The van der Waals surface area contributed by atoms with E-state index in [0.717, 1.165) is 12.8 Å². The third-order valence-electron chi connectivity index (χ3n) is 2.61. The Labute approximate surface area is 108 Å². The molecule has 0 heterocycles. The van der Waals surface area contributed by atoms with Crippen molar-refractivity contribution in [3.05, 3.63) is 12.2 Å². The molecule has 1 amide bonds. The Morgan fingerprint density at radius 2 is 1.94 bits per heavy atom. The van der Waals surface area contributed by atoms with Gasteiger partial charge in [0.1, 0.15) is 12.2 Å². The molecule has 0 aliphatic heterocycles. The summed E-state index contributed by atoms with van der Waals surface area (Å²) in [7, 11) is 0. The maximum absolute atomic E-state index is 11.3. The first-order valence-corrected chi connectivity index (χ1v) is 6.10. The summed E-state index contributed by atoms with van der Waals surface area (Å²) in [5.74, 6) is -0.963. The Kier molecular flexibility index (Phi) is 7.27. The van der Waals surface area contributed by atoms with Crippen LogP contribution in [0.15, 0.2) is 12.2 Å². The molecule has 5 nitrogen and oxygen atoms in total. The van der Waals surface area contributed by atoms with Gasteiger partial charge in [-0.3, -0.25) is 4.79 Å². The minimum Gasteiger partial charge on any atom is -0.460 e. The van der Waals surface area contributed by atoms with Gasteiger partial charge >= 0.3 is 5.97 Å². The van der Waals surface area contributed by atoms with Crippen LogP contribution in [0.25, 0.3) is 0 Å². The number of carbonyl (C=O) groups excluding carboxylic acids is 2. The van der Waals surface area contributed by atoms with Crippen LogP contribution in [0, 0.1) is 0 Å². The van der Waals surface area contributed by atoms with E-state index in [1.54, 1.807) is 13.8 Å². The third kappa shape index (κ3) is 5.82. The SMILES string of the molecule is C=C(C)C(=O)OCCOC(C)(CCCC)C(N)=O. The van der Waals surface area contributed by atoms with Crippen molar-refractivity contribution in [1.29, 1.82) is 0 Å². The first kappa shape index (κ1) is 16.6. The summed E-state index contributed by atoms with van der Waals surface area (Å²) in [6.45, 7) is 8.94. The van der Waals surface area contributed by atoms with Gasteiger partial charge in [-0.05, 0) is 20.3 Å². The molecule has 0 aromatic carbocycles. The monoisotopic (exact) mass is 257 g/mol. The van der Waals surface area contributed by atoms with Crippen LogP contribution in [-0.2, 0) is 19.1 Å². The molecule has 0 saturated heterocycles. The Morgan fingerprint density at radius 1 is 1.33 bits per heavy atom. The Bertz CT molecular complexity index is 314. The lowest BCUT2D eigenvalue weighted by Gasteiger charge is -2.26. The summed E-state index contributed by atoms with van der Waals surface area (Å²) in [5, 5.41) is 0. The first-order valence-electron chi connectivity index (χ1n) is 6.10. The molecule has 0 fully saturated rings. The molecule has 5 heteroatoms. The van der Waals surface area contributed by atoms with E-state index in [0.29, 0.717) is 12.0 Å². The van der Waals surface area contributed by atoms with E-state index in [-0.39, 0.29) is 13.2 Å². The van der Waals surface area contributed by atoms with Crippen LogP contribution in [0.4, 0.5) is 0 Å². The zero-order valence-corrected chi connectivity index (χ0v) is 11.5. The lowest BCUT2D eigenvalue weighted by molar-refractivity contribution is -0.149. The van der Waals surface area contributed by atoms with Gasteiger partial charge in [-0.1, -0.05) is 26.3 Å². The number of carbonyl (C=O) groups is 2. The minimum absolute atomic E-state index is 0.0840. The van der Waals surface area contributed by atoms with Crippen molar-refractivity contribution in [1.82, 2.24) is 0 Å². The molecule has 0 radical (unpaired) electrons. The second-order valence-corrected chi connectivity index (χ2v) is 4.46. The largest absolute Gasteiger partial charge is 0.460 e. The standard InChI is InChI=1S/C13H23NO4/c1-5-6-7-13(4,12(14)16)18-9-8-17-11(15)10(2)3/h2,5-9H2,1,3-4H3,(H2,14,16). The molecule has 0 aliphatic rings. The van der Waals surface area contributed by atoms with Gasteiger partial charge in [0.25, 0.3) is 0 Å². The van der Waals surface area contributed by atoms with Gasteiger partial charge < -0.3 is 15.2 Å². The van der Waals surface area contributed by atoms with E-state index in [2.05, 4.69) is 6.58 Å². The van der Waals surface area contributed by atoms with E-state index in [1.807, 2.05) is 6.92 Å². The number of rotatable bonds is 9. The number of hydrogen-bond donors (Lipinski definition) is 1. The van der Waals surface area contributed by atoms with Crippen molar-refractivity contribution in [3.63, 3.8) is 0 Å². The zero-order valence-electron chi connectivity index (χ0n) is 11.5. The fourth-order valence-electron chi connectivity index (χ4n) is 1.31. The number of ether oxygens (including phenoxy) is 2. The highest BCUT2D eigenvalue weighted by molar-refractivity contribution is 5.86. The Morgan fingerprint density at radius 3 is 2.39 bits per heavy atom. The van der Waals surface area contributed by atoms with Crippen molar-refractivity contribution in [2.24, 2.45) is 5.73 Å². The highest BCUT2D eigenvalue weighted by atomic mass is 16.6. The van der Waals surface area contributed by atoms with Crippen molar-refractivity contribution in [2.45, 2.75) is 45.6 Å². The summed E-state index contributed by atoms with van der Waals surface area (Å²) < 4.78 is 10.3. The lowest BCUT2D eigenvalue weighted by Crippen LogP contribution is -2.44. The molecule has 0 spiro atoms. The van der Waals surface area contributed by atoms with Gasteiger partial charge in [0.15, 0.2) is 0 Å². The predicted octanol–water partition coefficient (Wildman–Crippen LogP) is 1.56. The van der Waals surface area contributed by atoms with E-state index in [9.17, 15) is 9.59 Å². The van der Waals surface area contributed by atoms with Gasteiger partial charge in [-0.15, -0.1) is 0 Å². The Balaban J connectivity index is 4.09. The summed E-state index contributed by atoms with van der Waals surface area (Å²) in [6.07, 6.45) is 2.37. The van der Waals surface area contributed by atoms with Crippen LogP contribution >= 0.6 is 0 Å². The van der Waals surface area contributed by atoms with Crippen molar-refractivity contribution in [3.8, 4) is 0 Å². The second kappa shape index (κ2) is 7.87. The van der Waals surface area contributed by atoms with Crippen molar-refractivity contribution < 1.29 is 19.1 Å². The zero-order chi connectivity index (χ0) is 14.2. The fourth-order valence-corrected chi connectivity index (χ4v) is 1.31. The van der Waals surface area contributed by atoms with Crippen LogP contribution < -0.4 is 5.73 Å². The van der Waals surface area contributed by atoms with Gasteiger partial charge in [0.2, 0.25) is 5.91 Å². The van der Waals surface area contributed by atoms with Gasteiger partial charge in [0, 0.05) is 5.57 Å². The molecule has 104 valence electrons. The van der Waals surface area contributed by atoms with Crippen LogP contribution in [0.2, 0.25) is 0 Å². The summed E-state index contributed by atoms with van der Waals surface area (Å²) in [4.78, 5) is 22.4. The molecule has 0 rings (SSSR count). The van der Waals surface area contributed by atoms with E-state index < -0.39 is 17.5 Å². The number of hydrogen-bond acceptors (Lipinski definition) is 4. The average molecular weight is 257 g/mol. The van der Waals surface area contributed by atoms with Gasteiger partial charge in [-0.25, -0.2) is 4.79 Å². The lowest BCUT2D eigenvalue weighted by atomic mass is 9.98. The number of esters is 1. The third-order valence-corrected chi connectivity index (χ3v) is 2.61. The van der Waals surface area contributed by atoms with Crippen LogP contribution in [0.5, 0.6) is 0 Å². The van der Waals surface area contributed by atoms with Crippen LogP contribution in [-0.4, -0.2) is 30.7 Å². The smallest absolute Gasteiger partial charge is 0.333 e. The van der Waals surface area contributed by atoms with Crippen molar-refractivity contribution >= 4 is 11.9 Å². The van der Waals surface area contributed by atoms with Crippen molar-refractivity contribution in [2.75, 3.05) is 13.2 Å². The summed E-state index contributed by atoms with van der Waals surface area (Å²) in [5.41, 5.74) is 4.65. The molecule has 2 N–H and O–H groups in total. The normalized spacial score (nSPS) is 13.7. The molecular formula is C13H23NO4. The Hall–Kier alpha value is -1.36. The van der Waals surface area contributed by atoms with Crippen LogP contribution in [0.3, 0.4) is 0 Å². The number of primary amides is 1. The minimum atomic E-state index is -0.994. The molecule has 1 unspecified atom stereocenters. The predicted molar refractivity (Wildman–Crippen MR) is 68.8 cm³/mol. The number of amides is 1. The molecule has 0 aliphatic carbocycles. The fraction of sp³-hybridized carbons (Fsp3) is 0.692. The van der Waals surface area contributed by atoms with E-state index in [1.165, 1.54) is 0 Å². The molecule has 0 saturated carbocycles. The molecule has 0 bridgehead atoms. The molecule has 18 heavy (non-hydrogen) atoms. The maximum Gasteiger partial charge on any atom is 0.333 e. The van der Waals surface area contributed by atoms with E-state index in [4.69, 9.17) is 15.2 Å². The second-order valence-electron chi connectivity index (χ2n) is 4.46. The molecule has 0 aromatic heterocycles. The molecule has 1 atom stereocenters. The number of unbranched alkanes of at least 4 members (excludes halogenated alkanes) is 1. The maximum atomic E-state index is 11.3. The highest BCUT2D eigenvalue weighted by Crippen LogP contribution is 2.18. The van der Waals surface area contributed by atoms with Gasteiger partial charge in [-0.2, -0.15) is 0 Å².